The van der Waals surface area contributed by atoms with E-state index >= 15 is 0 Å². The van der Waals surface area contributed by atoms with Crippen LogP contribution in [0.4, 0.5) is 5.95 Å². The lowest BCUT2D eigenvalue weighted by Gasteiger charge is -2.34. The van der Waals surface area contributed by atoms with Crippen LogP contribution >= 0.6 is 0 Å². The highest BCUT2D eigenvalue weighted by molar-refractivity contribution is 5.87. The van der Waals surface area contributed by atoms with Crippen molar-refractivity contribution in [1.82, 2.24) is 25.0 Å². The highest BCUT2D eigenvalue weighted by Gasteiger charge is 2.32. The summed E-state index contributed by atoms with van der Waals surface area (Å²) in [6.45, 7) is 3.56. The molecule has 0 spiro atoms. The van der Waals surface area contributed by atoms with E-state index in [0.29, 0.717) is 19.7 Å². The van der Waals surface area contributed by atoms with E-state index in [0.717, 1.165) is 6.42 Å². The summed E-state index contributed by atoms with van der Waals surface area (Å²) < 4.78 is 6.66. The Kier molecular flexibility index (Phi) is 5.09. The van der Waals surface area contributed by atoms with Crippen LogP contribution in [0.1, 0.15) is 13.3 Å². The average molecular weight is 296 g/mol. The first kappa shape index (κ1) is 15.2. The van der Waals surface area contributed by atoms with Crippen LogP contribution in [0, 0.1) is 0 Å². The third kappa shape index (κ3) is 3.91. The average Bonchev–Trinajstić information content (AvgIpc) is 2.89. The van der Waals surface area contributed by atoms with Gasteiger partial charge in [0.1, 0.15) is 18.9 Å². The summed E-state index contributed by atoms with van der Waals surface area (Å²) in [4.78, 5) is 29.7. The van der Waals surface area contributed by atoms with E-state index in [1.807, 2.05) is 6.92 Å². The summed E-state index contributed by atoms with van der Waals surface area (Å²) in [6.07, 6.45) is 2.23. The lowest BCUT2D eigenvalue weighted by molar-refractivity contribution is -0.149. The first-order chi connectivity index (χ1) is 10.1. The number of rotatable bonds is 5. The second kappa shape index (κ2) is 7.02. The molecule has 3 N–H and O–H groups in total. The lowest BCUT2D eigenvalue weighted by atomic mass is 10.2. The molecule has 0 bridgehead atoms. The van der Waals surface area contributed by atoms with E-state index in [1.165, 1.54) is 15.9 Å². The Hall–Kier alpha value is -2.16. The normalized spacial score (nSPS) is 18.5. The van der Waals surface area contributed by atoms with E-state index in [4.69, 9.17) is 10.5 Å². The molecule has 1 saturated heterocycles. The molecule has 0 aromatic carbocycles. The van der Waals surface area contributed by atoms with Gasteiger partial charge in [0.25, 0.3) is 0 Å². The highest BCUT2D eigenvalue weighted by atomic mass is 16.5. The summed E-state index contributed by atoms with van der Waals surface area (Å²) in [5.74, 6) is -0.287. The molecule has 0 saturated carbocycles. The van der Waals surface area contributed by atoms with Crippen LogP contribution in [-0.4, -0.2) is 63.8 Å². The summed E-state index contributed by atoms with van der Waals surface area (Å²) in [5, 5.41) is 6.66. The molecule has 0 radical (unpaired) electrons. The number of amides is 2. The Morgan fingerprint density at radius 3 is 3.05 bits per heavy atom. The lowest BCUT2D eigenvalue weighted by Crippen LogP contribution is -2.56. The molecule has 9 nitrogen and oxygen atoms in total. The minimum Gasteiger partial charge on any atom is -0.377 e. The molecule has 1 unspecified atom stereocenters. The SMILES string of the molecule is CCCNC(=O)C1COCCN1C(=O)Cn1cnc(N)n1. The van der Waals surface area contributed by atoms with Gasteiger partial charge in [-0.1, -0.05) is 6.92 Å². The molecule has 1 aromatic heterocycles. The van der Waals surface area contributed by atoms with Crippen molar-refractivity contribution >= 4 is 17.8 Å². The number of nitrogens with zero attached hydrogens (tertiary/aromatic N) is 4. The summed E-state index contributed by atoms with van der Waals surface area (Å²) in [6, 6.07) is -0.598. The third-order valence-electron chi connectivity index (χ3n) is 3.15. The predicted molar refractivity (Wildman–Crippen MR) is 74.1 cm³/mol. The molecular formula is C12H20N6O3. The van der Waals surface area contributed by atoms with Gasteiger partial charge in [0, 0.05) is 13.1 Å². The van der Waals surface area contributed by atoms with Crippen LogP contribution < -0.4 is 11.1 Å². The summed E-state index contributed by atoms with van der Waals surface area (Å²) >= 11 is 0. The van der Waals surface area contributed by atoms with Crippen molar-refractivity contribution in [2.75, 3.05) is 32.0 Å². The van der Waals surface area contributed by atoms with Gasteiger partial charge >= 0.3 is 0 Å². The molecule has 1 aliphatic heterocycles. The molecule has 9 heteroatoms. The van der Waals surface area contributed by atoms with Gasteiger partial charge in [-0.25, -0.2) is 9.67 Å². The standard InChI is InChI=1S/C12H20N6O3/c1-2-3-14-11(20)9-7-21-5-4-18(9)10(19)6-17-8-15-12(13)16-17/h8-9H,2-7H2,1H3,(H2,13,16)(H,14,20). The van der Waals surface area contributed by atoms with Gasteiger partial charge in [-0.2, -0.15) is 0 Å². The number of anilines is 1. The molecule has 1 fully saturated rings. The summed E-state index contributed by atoms with van der Waals surface area (Å²) in [7, 11) is 0. The van der Waals surface area contributed by atoms with Gasteiger partial charge in [0.2, 0.25) is 17.8 Å². The zero-order chi connectivity index (χ0) is 15.2. The van der Waals surface area contributed by atoms with Crippen LogP contribution in [0.15, 0.2) is 6.33 Å². The first-order valence-electron chi connectivity index (χ1n) is 6.91. The van der Waals surface area contributed by atoms with E-state index in [1.54, 1.807) is 0 Å². The smallest absolute Gasteiger partial charge is 0.245 e. The van der Waals surface area contributed by atoms with Crippen LogP contribution in [0.2, 0.25) is 0 Å². The van der Waals surface area contributed by atoms with Crippen LogP contribution in [0.25, 0.3) is 0 Å². The number of morpholine rings is 1. The Labute approximate surface area is 122 Å². The van der Waals surface area contributed by atoms with E-state index in [2.05, 4.69) is 15.4 Å². The number of carbonyl (C=O) groups is 2. The molecular weight excluding hydrogens is 276 g/mol. The molecule has 2 heterocycles. The monoisotopic (exact) mass is 296 g/mol. The van der Waals surface area contributed by atoms with Gasteiger partial charge in [-0.05, 0) is 6.42 Å². The summed E-state index contributed by atoms with van der Waals surface area (Å²) in [5.41, 5.74) is 5.41. The minimum atomic E-state index is -0.598. The molecule has 2 rings (SSSR count). The number of nitrogens with one attached hydrogen (secondary N) is 1. The van der Waals surface area contributed by atoms with Gasteiger partial charge < -0.3 is 20.7 Å². The van der Waals surface area contributed by atoms with Gasteiger partial charge in [0.05, 0.1) is 13.2 Å². The van der Waals surface area contributed by atoms with Gasteiger partial charge in [-0.15, -0.1) is 5.10 Å². The molecule has 1 atom stereocenters. The molecule has 1 aliphatic rings. The van der Waals surface area contributed by atoms with Crippen molar-refractivity contribution in [2.45, 2.75) is 25.9 Å². The Balaban J connectivity index is 2.00. The largest absolute Gasteiger partial charge is 0.377 e. The van der Waals surface area contributed by atoms with Crippen molar-refractivity contribution in [3.8, 4) is 0 Å². The third-order valence-corrected chi connectivity index (χ3v) is 3.15. The fraction of sp³-hybridized carbons (Fsp3) is 0.667. The quantitative estimate of drug-likeness (QED) is 0.691. The van der Waals surface area contributed by atoms with Crippen molar-refractivity contribution < 1.29 is 14.3 Å². The fourth-order valence-electron chi connectivity index (χ4n) is 2.10. The molecule has 1 aromatic rings. The predicted octanol–water partition coefficient (Wildman–Crippen LogP) is -1.39. The van der Waals surface area contributed by atoms with Crippen molar-refractivity contribution in [1.29, 1.82) is 0 Å². The van der Waals surface area contributed by atoms with Crippen molar-refractivity contribution in [3.05, 3.63) is 6.33 Å². The Bertz CT molecular complexity index is 503. The van der Waals surface area contributed by atoms with Crippen LogP contribution in [0.5, 0.6) is 0 Å². The number of aromatic nitrogens is 3. The van der Waals surface area contributed by atoms with Crippen LogP contribution in [0.3, 0.4) is 0 Å². The number of hydrogen-bond donors (Lipinski definition) is 2. The first-order valence-corrected chi connectivity index (χ1v) is 6.91. The molecule has 21 heavy (non-hydrogen) atoms. The van der Waals surface area contributed by atoms with Crippen molar-refractivity contribution in [2.24, 2.45) is 0 Å². The zero-order valence-corrected chi connectivity index (χ0v) is 12.0. The number of carbonyl (C=O) groups excluding carboxylic acids is 2. The van der Waals surface area contributed by atoms with E-state index in [9.17, 15) is 9.59 Å². The fourth-order valence-corrected chi connectivity index (χ4v) is 2.10. The zero-order valence-electron chi connectivity index (χ0n) is 12.0. The van der Waals surface area contributed by atoms with E-state index < -0.39 is 6.04 Å². The number of ether oxygens (including phenoxy) is 1. The maximum Gasteiger partial charge on any atom is 0.245 e. The number of nitrogens with two attached hydrogens (primary N) is 1. The van der Waals surface area contributed by atoms with E-state index in [-0.39, 0.29) is 30.9 Å². The number of hydrogen-bond acceptors (Lipinski definition) is 6. The Morgan fingerprint density at radius 1 is 1.57 bits per heavy atom. The maximum atomic E-state index is 12.3. The highest BCUT2D eigenvalue weighted by Crippen LogP contribution is 2.09. The second-order valence-corrected chi connectivity index (χ2v) is 4.77. The molecule has 116 valence electrons. The van der Waals surface area contributed by atoms with Crippen LogP contribution in [-0.2, 0) is 20.9 Å². The topological polar surface area (TPSA) is 115 Å². The minimum absolute atomic E-state index is 0.00174. The van der Waals surface area contributed by atoms with Gasteiger partial charge in [0.15, 0.2) is 0 Å². The van der Waals surface area contributed by atoms with Gasteiger partial charge in [-0.3, -0.25) is 9.59 Å². The Morgan fingerprint density at radius 2 is 2.38 bits per heavy atom. The molecule has 0 aliphatic carbocycles. The molecule has 2 amide bonds. The second-order valence-electron chi connectivity index (χ2n) is 4.77. The van der Waals surface area contributed by atoms with Crippen molar-refractivity contribution in [3.63, 3.8) is 0 Å². The maximum absolute atomic E-state index is 12.3. The number of nitrogen functional groups attached to an aromatic ring is 1.